The number of hydrogen-bond donors (Lipinski definition) is 0. The van der Waals surface area contributed by atoms with E-state index in [-0.39, 0.29) is 17.5 Å². The first kappa shape index (κ1) is 22.7. The van der Waals surface area contributed by atoms with Gasteiger partial charge < -0.3 is 9.64 Å². The van der Waals surface area contributed by atoms with Gasteiger partial charge in [-0.1, -0.05) is 40.2 Å². The Morgan fingerprint density at radius 3 is 2.71 bits per heavy atom. The molecule has 2 heterocycles. The minimum absolute atomic E-state index is 0.165. The quantitative estimate of drug-likeness (QED) is 0.177. The third kappa shape index (κ3) is 4.12. The molecule has 3 aromatic carbocycles. The molecule has 1 unspecified atom stereocenters. The molecule has 0 N–H and O–H groups in total. The molecule has 5 rings (SSSR count). The molecule has 1 aliphatic heterocycles. The monoisotopic (exact) mass is 522 g/mol. The van der Waals surface area contributed by atoms with Gasteiger partial charge in [-0.25, -0.2) is 14.1 Å². The van der Waals surface area contributed by atoms with Gasteiger partial charge in [0, 0.05) is 47.7 Å². The van der Waals surface area contributed by atoms with Gasteiger partial charge in [-0.15, -0.1) is 0 Å². The lowest BCUT2D eigenvalue weighted by atomic mass is 9.95. The predicted molar refractivity (Wildman–Crippen MR) is 135 cm³/mol. The van der Waals surface area contributed by atoms with Crippen molar-refractivity contribution in [3.05, 3.63) is 70.1 Å². The van der Waals surface area contributed by atoms with Crippen LogP contribution in [-0.4, -0.2) is 47.5 Å². The first-order valence-electron chi connectivity index (χ1n) is 11.2. The molecular formula is C26H24BrFN4O2. The molecule has 0 aliphatic carbocycles. The Balaban J connectivity index is 1.68. The largest absolute Gasteiger partial charge is 0.369 e. The standard InChI is InChI=1S/C26H24BrFN4O2/c1-31(2)15-29-24-17-8-4-3-7-16(17)21(27)13-19(24)26(33)18-10-11-22(28)25-20(18)14-32(30-25)23-9-5-6-12-34-23/h3-4,7-8,10-11,13-15,23H,5-6,9,12H2,1-2H3/b29-15+. The summed E-state index contributed by atoms with van der Waals surface area (Å²) in [7, 11) is 3.74. The molecule has 8 heteroatoms. The fourth-order valence-electron chi connectivity index (χ4n) is 4.31. The molecule has 1 fully saturated rings. The molecule has 4 aromatic rings. The van der Waals surface area contributed by atoms with Gasteiger partial charge in [-0.3, -0.25) is 4.79 Å². The highest BCUT2D eigenvalue weighted by Crippen LogP contribution is 2.38. The van der Waals surface area contributed by atoms with Gasteiger partial charge in [0.05, 0.1) is 17.6 Å². The van der Waals surface area contributed by atoms with Crippen LogP contribution in [0.4, 0.5) is 10.1 Å². The van der Waals surface area contributed by atoms with Gasteiger partial charge in [-0.2, -0.15) is 5.10 Å². The van der Waals surface area contributed by atoms with E-state index in [0.717, 1.165) is 34.5 Å². The van der Waals surface area contributed by atoms with Crippen LogP contribution >= 0.6 is 15.9 Å². The Labute approximate surface area is 205 Å². The van der Waals surface area contributed by atoms with Crippen LogP contribution in [0.15, 0.2) is 58.1 Å². The molecule has 1 aliphatic rings. The first-order valence-corrected chi connectivity index (χ1v) is 12.0. The molecule has 0 spiro atoms. The maximum atomic E-state index is 14.7. The molecule has 1 saturated heterocycles. The Morgan fingerprint density at radius 2 is 1.97 bits per heavy atom. The predicted octanol–water partition coefficient (Wildman–Crippen LogP) is 6.24. The van der Waals surface area contributed by atoms with E-state index in [4.69, 9.17) is 4.74 Å². The van der Waals surface area contributed by atoms with Crippen molar-refractivity contribution in [2.24, 2.45) is 4.99 Å². The minimum Gasteiger partial charge on any atom is -0.369 e. The maximum absolute atomic E-state index is 14.7. The molecule has 174 valence electrons. The molecule has 6 nitrogen and oxygen atoms in total. The summed E-state index contributed by atoms with van der Waals surface area (Å²) in [5.41, 5.74) is 1.54. The SMILES string of the molecule is CN(C)/C=N/c1c(C(=O)c2ccc(F)c3nn(C4CCCCO4)cc23)cc(Br)c2ccccc12. The van der Waals surface area contributed by atoms with Gasteiger partial charge in [0.25, 0.3) is 0 Å². The van der Waals surface area contributed by atoms with E-state index in [0.29, 0.717) is 28.8 Å². The summed E-state index contributed by atoms with van der Waals surface area (Å²) in [6.45, 7) is 0.646. The first-order chi connectivity index (χ1) is 16.4. The van der Waals surface area contributed by atoms with Crippen molar-refractivity contribution in [3.63, 3.8) is 0 Å². The molecule has 1 aromatic heterocycles. The fraction of sp³-hybridized carbons (Fsp3) is 0.269. The number of fused-ring (bicyclic) bond motifs is 2. The Hall–Kier alpha value is -3.10. The lowest BCUT2D eigenvalue weighted by Gasteiger charge is -2.22. The maximum Gasteiger partial charge on any atom is 0.196 e. The van der Waals surface area contributed by atoms with E-state index < -0.39 is 5.82 Å². The molecular weight excluding hydrogens is 499 g/mol. The number of benzene rings is 3. The van der Waals surface area contributed by atoms with Gasteiger partial charge in [-0.05, 0) is 42.8 Å². The van der Waals surface area contributed by atoms with Crippen molar-refractivity contribution in [2.45, 2.75) is 25.5 Å². The summed E-state index contributed by atoms with van der Waals surface area (Å²) in [5.74, 6) is -0.710. The summed E-state index contributed by atoms with van der Waals surface area (Å²) in [4.78, 5) is 20.4. The number of hydrogen-bond acceptors (Lipinski definition) is 4. The van der Waals surface area contributed by atoms with Gasteiger partial charge in [0.15, 0.2) is 11.6 Å². The number of aliphatic imine (C=N–C) groups is 1. The van der Waals surface area contributed by atoms with Crippen molar-refractivity contribution in [1.82, 2.24) is 14.7 Å². The van der Waals surface area contributed by atoms with Crippen LogP contribution in [0.2, 0.25) is 0 Å². The van der Waals surface area contributed by atoms with Crippen molar-refractivity contribution < 1.29 is 13.9 Å². The highest BCUT2D eigenvalue weighted by molar-refractivity contribution is 9.10. The fourth-order valence-corrected chi connectivity index (χ4v) is 4.89. The van der Waals surface area contributed by atoms with Gasteiger partial charge >= 0.3 is 0 Å². The van der Waals surface area contributed by atoms with Crippen LogP contribution in [0, 0.1) is 5.82 Å². The number of carbonyl (C=O) groups is 1. The second-order valence-corrected chi connectivity index (χ2v) is 9.48. The van der Waals surface area contributed by atoms with Crippen LogP contribution in [0.1, 0.15) is 41.4 Å². The zero-order valence-corrected chi connectivity index (χ0v) is 20.5. The summed E-state index contributed by atoms with van der Waals surface area (Å²) >= 11 is 3.61. The number of ketones is 1. The van der Waals surface area contributed by atoms with E-state index in [1.54, 1.807) is 23.3 Å². The van der Waals surface area contributed by atoms with E-state index in [2.05, 4.69) is 26.0 Å². The van der Waals surface area contributed by atoms with Crippen molar-refractivity contribution in [1.29, 1.82) is 0 Å². The number of carbonyl (C=O) groups excluding carboxylic acids is 1. The zero-order chi connectivity index (χ0) is 23.8. The summed E-state index contributed by atoms with van der Waals surface area (Å²) in [6, 6.07) is 12.4. The van der Waals surface area contributed by atoms with Crippen LogP contribution in [-0.2, 0) is 4.74 Å². The Morgan fingerprint density at radius 1 is 1.18 bits per heavy atom. The highest BCUT2D eigenvalue weighted by atomic mass is 79.9. The lowest BCUT2D eigenvalue weighted by Crippen LogP contribution is -2.18. The van der Waals surface area contributed by atoms with Crippen LogP contribution in [0.25, 0.3) is 21.7 Å². The van der Waals surface area contributed by atoms with Crippen LogP contribution in [0.5, 0.6) is 0 Å². The normalized spacial score (nSPS) is 16.5. The number of aromatic nitrogens is 2. The smallest absolute Gasteiger partial charge is 0.196 e. The van der Waals surface area contributed by atoms with Crippen LogP contribution < -0.4 is 0 Å². The van der Waals surface area contributed by atoms with E-state index >= 15 is 0 Å². The van der Waals surface area contributed by atoms with Crippen molar-refractivity contribution in [2.75, 3.05) is 20.7 Å². The van der Waals surface area contributed by atoms with E-state index in [9.17, 15) is 9.18 Å². The van der Waals surface area contributed by atoms with Gasteiger partial charge in [0.1, 0.15) is 11.7 Å². The van der Waals surface area contributed by atoms with E-state index in [1.165, 1.54) is 12.1 Å². The number of ether oxygens (including phenoxy) is 1. The second kappa shape index (κ2) is 9.27. The molecule has 0 amide bonds. The Kier molecular flexibility index (Phi) is 6.18. The summed E-state index contributed by atoms with van der Waals surface area (Å²) < 4.78 is 23.0. The number of rotatable bonds is 5. The third-order valence-electron chi connectivity index (χ3n) is 5.97. The highest BCUT2D eigenvalue weighted by Gasteiger charge is 2.24. The van der Waals surface area contributed by atoms with Crippen molar-refractivity contribution >= 4 is 55.4 Å². The average Bonchev–Trinajstić information content (AvgIpc) is 3.30. The molecule has 0 bridgehead atoms. The average molecular weight is 523 g/mol. The lowest BCUT2D eigenvalue weighted by molar-refractivity contribution is -0.0391. The summed E-state index contributed by atoms with van der Waals surface area (Å²) in [5, 5.41) is 6.71. The number of nitrogens with zero attached hydrogens (tertiary/aromatic N) is 4. The number of halogens is 2. The Bertz CT molecular complexity index is 1420. The molecule has 0 saturated carbocycles. The molecule has 1 atom stereocenters. The summed E-state index contributed by atoms with van der Waals surface area (Å²) in [6.07, 6.45) is 5.97. The minimum atomic E-state index is -0.466. The topological polar surface area (TPSA) is 59.7 Å². The third-order valence-corrected chi connectivity index (χ3v) is 6.62. The van der Waals surface area contributed by atoms with Crippen LogP contribution in [0.3, 0.4) is 0 Å². The molecule has 34 heavy (non-hydrogen) atoms. The second-order valence-electron chi connectivity index (χ2n) is 8.63. The van der Waals surface area contributed by atoms with Gasteiger partial charge in [0.2, 0.25) is 0 Å². The van der Waals surface area contributed by atoms with E-state index in [1.807, 2.05) is 43.3 Å². The van der Waals surface area contributed by atoms with Crippen molar-refractivity contribution in [3.8, 4) is 0 Å². The molecule has 0 radical (unpaired) electrons. The zero-order valence-electron chi connectivity index (χ0n) is 19.0.